The zero-order chi connectivity index (χ0) is 10.8. The molecule has 2 nitrogen and oxygen atoms in total. The summed E-state index contributed by atoms with van der Waals surface area (Å²) in [6.07, 6.45) is 0.628. The van der Waals surface area contributed by atoms with E-state index in [0.29, 0.717) is 19.5 Å². The maximum absolute atomic E-state index is 13.5. The largest absolute Gasteiger partial charge is 0.315 e. The molecule has 0 amide bonds. The van der Waals surface area contributed by atoms with E-state index >= 15 is 0 Å². The standard InChI is InChI=1S/C8H14F2N2.C2H6/c1-12-3-2-7(4-11-5-7)8(9,10)6-12;1-2/h11H,2-6H2,1H3;1-2H3. The Balaban J connectivity index is 0.000000461. The van der Waals surface area contributed by atoms with Crippen LogP contribution in [0.5, 0.6) is 0 Å². The summed E-state index contributed by atoms with van der Waals surface area (Å²) >= 11 is 0. The Morgan fingerprint density at radius 3 is 2.14 bits per heavy atom. The fourth-order valence-corrected chi connectivity index (χ4v) is 2.04. The lowest BCUT2D eigenvalue weighted by molar-refractivity contribution is -0.185. The van der Waals surface area contributed by atoms with Gasteiger partial charge < -0.3 is 10.2 Å². The number of alkyl halides is 2. The fourth-order valence-electron chi connectivity index (χ4n) is 2.04. The highest BCUT2D eigenvalue weighted by molar-refractivity contribution is 5.05. The van der Waals surface area contributed by atoms with Crippen molar-refractivity contribution < 1.29 is 8.78 Å². The molecule has 4 heteroatoms. The van der Waals surface area contributed by atoms with Crippen molar-refractivity contribution in [1.29, 1.82) is 0 Å². The number of hydrogen-bond donors (Lipinski definition) is 1. The third-order valence-electron chi connectivity index (χ3n) is 3.14. The van der Waals surface area contributed by atoms with Crippen molar-refractivity contribution in [1.82, 2.24) is 10.2 Å². The molecule has 1 spiro atoms. The molecular weight excluding hydrogens is 186 g/mol. The minimum atomic E-state index is -2.49. The average Bonchev–Trinajstić information content (AvgIpc) is 2.03. The van der Waals surface area contributed by atoms with Crippen LogP contribution in [0.15, 0.2) is 0 Å². The number of rotatable bonds is 0. The van der Waals surface area contributed by atoms with Crippen LogP contribution in [0.25, 0.3) is 0 Å². The van der Waals surface area contributed by atoms with Gasteiger partial charge in [0, 0.05) is 13.1 Å². The molecule has 1 N–H and O–H groups in total. The molecule has 2 fully saturated rings. The van der Waals surface area contributed by atoms with Gasteiger partial charge in [-0.3, -0.25) is 0 Å². The average molecular weight is 206 g/mol. The van der Waals surface area contributed by atoms with Gasteiger partial charge in [-0.25, -0.2) is 8.78 Å². The first-order chi connectivity index (χ1) is 6.56. The molecule has 14 heavy (non-hydrogen) atoms. The van der Waals surface area contributed by atoms with Gasteiger partial charge in [-0.15, -0.1) is 0 Å². The quantitative estimate of drug-likeness (QED) is 0.647. The van der Waals surface area contributed by atoms with E-state index in [9.17, 15) is 8.78 Å². The second-order valence-electron chi connectivity index (χ2n) is 4.08. The highest BCUT2D eigenvalue weighted by Gasteiger charge is 2.59. The predicted molar refractivity (Wildman–Crippen MR) is 53.7 cm³/mol. The molecule has 0 aliphatic carbocycles. The molecule has 0 saturated carbocycles. The Kier molecular flexibility index (Phi) is 3.48. The van der Waals surface area contributed by atoms with E-state index in [2.05, 4.69) is 5.32 Å². The minimum absolute atomic E-state index is 0.0747. The SMILES string of the molecule is CC.CN1CCC2(CNC2)C(F)(F)C1. The zero-order valence-electron chi connectivity index (χ0n) is 9.24. The Labute approximate surface area is 84.7 Å². The molecule has 84 valence electrons. The normalized spacial score (nSPS) is 28.9. The number of nitrogens with one attached hydrogen (secondary N) is 1. The first kappa shape index (κ1) is 11.9. The van der Waals surface area contributed by atoms with Crippen LogP contribution < -0.4 is 5.32 Å². The Morgan fingerprint density at radius 2 is 1.79 bits per heavy atom. The number of nitrogens with zero attached hydrogens (tertiary/aromatic N) is 1. The molecule has 0 bridgehead atoms. The molecule has 0 unspecified atom stereocenters. The number of likely N-dealkylation sites (tertiary alicyclic amines) is 1. The number of piperidine rings is 1. The maximum Gasteiger partial charge on any atom is 0.268 e. The second kappa shape index (κ2) is 4.11. The van der Waals surface area contributed by atoms with Gasteiger partial charge >= 0.3 is 0 Å². The fraction of sp³-hybridized carbons (Fsp3) is 1.00. The molecule has 0 aromatic carbocycles. The van der Waals surface area contributed by atoms with Gasteiger partial charge in [0.2, 0.25) is 0 Å². The minimum Gasteiger partial charge on any atom is -0.315 e. The summed E-state index contributed by atoms with van der Waals surface area (Å²) in [7, 11) is 1.76. The predicted octanol–water partition coefficient (Wildman–Crippen LogP) is 1.57. The Morgan fingerprint density at radius 1 is 1.21 bits per heavy atom. The van der Waals surface area contributed by atoms with Crippen LogP contribution in [0.2, 0.25) is 0 Å². The van der Waals surface area contributed by atoms with E-state index < -0.39 is 11.3 Å². The van der Waals surface area contributed by atoms with Gasteiger partial charge in [-0.1, -0.05) is 13.8 Å². The van der Waals surface area contributed by atoms with Gasteiger partial charge in [0.1, 0.15) is 0 Å². The molecule has 2 saturated heterocycles. The summed E-state index contributed by atoms with van der Waals surface area (Å²) in [5.74, 6) is -2.49. The summed E-state index contributed by atoms with van der Waals surface area (Å²) in [6, 6.07) is 0. The van der Waals surface area contributed by atoms with Crippen molar-refractivity contribution in [3.63, 3.8) is 0 Å². The third kappa shape index (κ3) is 1.77. The number of hydrogen-bond acceptors (Lipinski definition) is 2. The van der Waals surface area contributed by atoms with Gasteiger partial charge in [-0.05, 0) is 20.0 Å². The lowest BCUT2D eigenvalue weighted by atomic mass is 9.70. The van der Waals surface area contributed by atoms with Crippen molar-refractivity contribution in [3.8, 4) is 0 Å². The topological polar surface area (TPSA) is 15.3 Å². The molecular formula is C10H20F2N2. The Hall–Kier alpha value is -0.220. The first-order valence-corrected chi connectivity index (χ1v) is 5.33. The van der Waals surface area contributed by atoms with E-state index in [0.717, 1.165) is 6.54 Å². The van der Waals surface area contributed by atoms with Gasteiger partial charge in [0.05, 0.1) is 12.0 Å². The van der Waals surface area contributed by atoms with Gasteiger partial charge in [0.25, 0.3) is 5.92 Å². The zero-order valence-corrected chi connectivity index (χ0v) is 9.24. The summed E-state index contributed by atoms with van der Waals surface area (Å²) < 4.78 is 26.9. The van der Waals surface area contributed by atoms with E-state index in [1.165, 1.54) is 0 Å². The molecule has 0 aromatic heterocycles. The summed E-state index contributed by atoms with van der Waals surface area (Å²) in [5, 5.41) is 2.94. The van der Waals surface area contributed by atoms with Crippen LogP contribution in [0, 0.1) is 5.41 Å². The van der Waals surface area contributed by atoms with Gasteiger partial charge in [0.15, 0.2) is 0 Å². The molecule has 2 heterocycles. The smallest absolute Gasteiger partial charge is 0.268 e. The van der Waals surface area contributed by atoms with Crippen LogP contribution in [0.4, 0.5) is 8.78 Å². The lowest BCUT2D eigenvalue weighted by Gasteiger charge is -2.52. The summed E-state index contributed by atoms with van der Waals surface area (Å²) in [4.78, 5) is 1.71. The van der Waals surface area contributed by atoms with Crippen LogP contribution >= 0.6 is 0 Å². The van der Waals surface area contributed by atoms with E-state index in [4.69, 9.17) is 0 Å². The highest BCUT2D eigenvalue weighted by Crippen LogP contribution is 2.45. The van der Waals surface area contributed by atoms with E-state index in [1.807, 2.05) is 13.8 Å². The molecule has 0 atom stereocenters. The molecule has 0 aromatic rings. The lowest BCUT2D eigenvalue weighted by Crippen LogP contribution is -2.68. The van der Waals surface area contributed by atoms with Crippen molar-refractivity contribution in [2.45, 2.75) is 26.2 Å². The van der Waals surface area contributed by atoms with Crippen molar-refractivity contribution >= 4 is 0 Å². The monoisotopic (exact) mass is 206 g/mol. The number of halogens is 2. The van der Waals surface area contributed by atoms with Crippen LogP contribution in [0.1, 0.15) is 20.3 Å². The van der Waals surface area contributed by atoms with E-state index in [-0.39, 0.29) is 6.54 Å². The second-order valence-corrected chi connectivity index (χ2v) is 4.08. The highest BCUT2D eigenvalue weighted by atomic mass is 19.3. The van der Waals surface area contributed by atoms with Crippen molar-refractivity contribution in [2.24, 2.45) is 5.41 Å². The molecule has 0 radical (unpaired) electrons. The Bertz CT molecular complexity index is 191. The van der Waals surface area contributed by atoms with Crippen LogP contribution in [-0.4, -0.2) is 44.0 Å². The molecule has 2 aliphatic rings. The maximum atomic E-state index is 13.5. The summed E-state index contributed by atoms with van der Waals surface area (Å²) in [5.41, 5.74) is -0.709. The van der Waals surface area contributed by atoms with Crippen LogP contribution in [-0.2, 0) is 0 Å². The molecule has 2 rings (SSSR count). The van der Waals surface area contributed by atoms with Gasteiger partial charge in [-0.2, -0.15) is 0 Å². The third-order valence-corrected chi connectivity index (χ3v) is 3.14. The summed E-state index contributed by atoms with van der Waals surface area (Å²) in [6.45, 7) is 5.72. The van der Waals surface area contributed by atoms with Crippen molar-refractivity contribution in [3.05, 3.63) is 0 Å². The molecule has 2 aliphatic heterocycles. The first-order valence-electron chi connectivity index (χ1n) is 5.33. The van der Waals surface area contributed by atoms with Crippen LogP contribution in [0.3, 0.4) is 0 Å². The van der Waals surface area contributed by atoms with Crippen molar-refractivity contribution in [2.75, 3.05) is 33.2 Å². The van der Waals surface area contributed by atoms with E-state index in [1.54, 1.807) is 11.9 Å².